The molecule has 238 valence electrons. The highest BCUT2D eigenvalue weighted by Crippen LogP contribution is 2.24. The first-order valence-corrected chi connectivity index (χ1v) is 15.1. The van der Waals surface area contributed by atoms with Crippen molar-refractivity contribution in [3.05, 3.63) is 88.7 Å². The molecule has 1 fully saturated rings. The number of pyridine rings is 2. The highest BCUT2D eigenvalue weighted by Gasteiger charge is 2.30. The lowest BCUT2D eigenvalue weighted by Crippen LogP contribution is -2.57. The summed E-state index contributed by atoms with van der Waals surface area (Å²) in [6, 6.07) is 22.0. The molecule has 1 amide bonds. The summed E-state index contributed by atoms with van der Waals surface area (Å²) in [5, 5.41) is 4.02. The van der Waals surface area contributed by atoms with E-state index in [9.17, 15) is 9.59 Å². The van der Waals surface area contributed by atoms with Crippen LogP contribution in [-0.4, -0.2) is 75.2 Å². The Labute approximate surface area is 262 Å². The maximum Gasteiger partial charge on any atom is 0.252 e. The maximum atomic E-state index is 13.0. The number of fused-ring (bicyclic) bond motifs is 1. The molecule has 0 radical (unpaired) electrons. The summed E-state index contributed by atoms with van der Waals surface area (Å²) in [5.41, 5.74) is 2.21. The summed E-state index contributed by atoms with van der Waals surface area (Å²) in [4.78, 5) is 31.9. The molecule has 1 aliphatic heterocycles. The number of anilines is 1. The third-order valence-corrected chi connectivity index (χ3v) is 7.52. The first-order valence-electron chi connectivity index (χ1n) is 15.1. The van der Waals surface area contributed by atoms with Crippen LogP contribution in [0, 0.1) is 0 Å². The van der Waals surface area contributed by atoms with Crippen LogP contribution in [0.25, 0.3) is 11.0 Å². The number of ether oxygens (including phenoxy) is 5. The van der Waals surface area contributed by atoms with Gasteiger partial charge in [-0.1, -0.05) is 18.2 Å². The first-order chi connectivity index (χ1) is 22.1. The molecule has 0 saturated carbocycles. The molecule has 4 aromatic rings. The summed E-state index contributed by atoms with van der Waals surface area (Å²) in [7, 11) is 3.29. The summed E-state index contributed by atoms with van der Waals surface area (Å²) in [6.45, 7) is 3.62. The zero-order chi connectivity index (χ0) is 31.4. The van der Waals surface area contributed by atoms with Crippen molar-refractivity contribution in [2.75, 3.05) is 58.6 Å². The van der Waals surface area contributed by atoms with E-state index in [2.05, 4.69) is 10.3 Å². The van der Waals surface area contributed by atoms with Crippen LogP contribution in [0.15, 0.2) is 77.6 Å². The number of methoxy groups -OCH3 is 2. The van der Waals surface area contributed by atoms with E-state index in [1.165, 1.54) is 0 Å². The van der Waals surface area contributed by atoms with Crippen molar-refractivity contribution in [3.63, 3.8) is 0 Å². The number of carbonyl (C=O) groups is 1. The molecule has 3 heterocycles. The van der Waals surface area contributed by atoms with Gasteiger partial charge in [0.25, 0.3) is 5.56 Å². The summed E-state index contributed by atoms with van der Waals surface area (Å²) in [6.07, 6.45) is 1.43. The molecule has 2 aromatic heterocycles. The number of carbonyl (C=O) groups excluding carboxylic acids is 1. The lowest BCUT2D eigenvalue weighted by Gasteiger charge is -2.35. The van der Waals surface area contributed by atoms with E-state index in [-0.39, 0.29) is 30.7 Å². The minimum Gasteiger partial charge on any atom is -0.496 e. The number of aryl methyl sites for hydroxylation is 1. The lowest BCUT2D eigenvalue weighted by molar-refractivity contribution is -0.119. The van der Waals surface area contributed by atoms with Gasteiger partial charge in [-0.2, -0.15) is 4.98 Å². The topological polar surface area (TPSA) is 113 Å². The van der Waals surface area contributed by atoms with Crippen molar-refractivity contribution in [2.45, 2.75) is 32.0 Å². The van der Waals surface area contributed by atoms with E-state index < -0.39 is 0 Å². The number of nitrogens with zero attached hydrogens (tertiary/aromatic N) is 3. The maximum absolute atomic E-state index is 13.0. The van der Waals surface area contributed by atoms with Crippen LogP contribution < -0.4 is 30.0 Å². The Morgan fingerprint density at radius 3 is 2.53 bits per heavy atom. The predicted molar refractivity (Wildman–Crippen MR) is 171 cm³/mol. The van der Waals surface area contributed by atoms with Crippen molar-refractivity contribution in [2.24, 2.45) is 0 Å². The molecular weight excluding hydrogens is 576 g/mol. The molecule has 0 unspecified atom stereocenters. The fraction of sp³-hybridized carbons (Fsp3) is 0.382. The molecule has 11 heteroatoms. The van der Waals surface area contributed by atoms with Crippen molar-refractivity contribution < 1.29 is 28.5 Å². The smallest absolute Gasteiger partial charge is 0.252 e. The number of rotatable bonds is 16. The molecule has 45 heavy (non-hydrogen) atoms. The molecule has 0 aliphatic carbocycles. The highest BCUT2D eigenvalue weighted by molar-refractivity contribution is 5.96. The Bertz CT molecular complexity index is 1610. The van der Waals surface area contributed by atoms with Crippen molar-refractivity contribution in [3.8, 4) is 17.4 Å². The minimum atomic E-state index is -0.254. The Hall–Kier alpha value is -4.45. The molecule has 1 N–H and O–H groups in total. The lowest BCUT2D eigenvalue weighted by atomic mass is 10.1. The molecule has 0 spiro atoms. The summed E-state index contributed by atoms with van der Waals surface area (Å²) < 4.78 is 29.9. The fourth-order valence-electron chi connectivity index (χ4n) is 5.26. The summed E-state index contributed by atoms with van der Waals surface area (Å²) >= 11 is 0. The van der Waals surface area contributed by atoms with E-state index in [0.29, 0.717) is 57.5 Å². The quantitative estimate of drug-likeness (QED) is 0.188. The van der Waals surface area contributed by atoms with Crippen molar-refractivity contribution >= 4 is 22.6 Å². The Balaban J connectivity index is 1.15. The van der Waals surface area contributed by atoms with Gasteiger partial charge >= 0.3 is 0 Å². The number of hydrogen-bond donors (Lipinski definition) is 1. The van der Waals surface area contributed by atoms with Crippen LogP contribution in [0.4, 0.5) is 5.69 Å². The Morgan fingerprint density at radius 1 is 0.889 bits per heavy atom. The summed E-state index contributed by atoms with van der Waals surface area (Å²) in [5.74, 6) is 1.88. The molecule has 5 rings (SSSR count). The molecule has 1 aliphatic rings. The molecule has 2 aromatic carbocycles. The van der Waals surface area contributed by atoms with E-state index in [0.717, 1.165) is 34.6 Å². The minimum absolute atomic E-state index is 0.0471. The average Bonchev–Trinajstić information content (AvgIpc) is 3.07. The van der Waals surface area contributed by atoms with E-state index >= 15 is 0 Å². The number of hydrogen-bond acceptors (Lipinski definition) is 9. The van der Waals surface area contributed by atoms with Gasteiger partial charge in [-0.15, -0.1) is 0 Å². The largest absolute Gasteiger partial charge is 0.496 e. The zero-order valence-electron chi connectivity index (χ0n) is 25.8. The predicted octanol–water partition coefficient (Wildman–Crippen LogP) is 3.81. The average molecular weight is 617 g/mol. The van der Waals surface area contributed by atoms with E-state index in [1.807, 2.05) is 54.6 Å². The second-order valence-electron chi connectivity index (χ2n) is 10.7. The van der Waals surface area contributed by atoms with Crippen LogP contribution in [0.1, 0.15) is 18.4 Å². The zero-order valence-corrected chi connectivity index (χ0v) is 25.8. The van der Waals surface area contributed by atoms with Gasteiger partial charge in [-0.3, -0.25) is 14.2 Å². The SMILES string of the molecule is COCCCn1c(=O)ccc2ccc(OC[C@H]3CNCC(=O)N3c3ccc(OCCCOCc4ccccc4OC)cc3)nc21. The number of piperazine rings is 1. The highest BCUT2D eigenvalue weighted by atomic mass is 16.5. The second-order valence-corrected chi connectivity index (χ2v) is 10.7. The van der Waals surface area contributed by atoms with Gasteiger partial charge in [0, 0.05) is 62.0 Å². The van der Waals surface area contributed by atoms with Gasteiger partial charge in [0.15, 0.2) is 0 Å². The Kier molecular flexibility index (Phi) is 11.4. The molecule has 11 nitrogen and oxygen atoms in total. The third-order valence-electron chi connectivity index (χ3n) is 7.52. The van der Waals surface area contributed by atoms with Gasteiger partial charge < -0.3 is 33.9 Å². The molecular formula is C34H40N4O7. The van der Waals surface area contributed by atoms with Crippen LogP contribution in [0.5, 0.6) is 17.4 Å². The first kappa shape index (κ1) is 32.0. The normalized spacial score (nSPS) is 14.9. The molecule has 0 bridgehead atoms. The molecule has 1 atom stereocenters. The van der Waals surface area contributed by atoms with E-state index in [1.54, 1.807) is 41.9 Å². The van der Waals surface area contributed by atoms with Crippen LogP contribution in [0.3, 0.4) is 0 Å². The number of aromatic nitrogens is 2. The number of para-hydroxylation sites is 1. The molecule has 1 saturated heterocycles. The van der Waals surface area contributed by atoms with Crippen LogP contribution in [0.2, 0.25) is 0 Å². The van der Waals surface area contributed by atoms with Gasteiger partial charge in [0.2, 0.25) is 11.8 Å². The fourth-order valence-corrected chi connectivity index (χ4v) is 5.26. The second kappa shape index (κ2) is 16.0. The van der Waals surface area contributed by atoms with Crippen LogP contribution >= 0.6 is 0 Å². The third kappa shape index (κ3) is 8.39. The van der Waals surface area contributed by atoms with Gasteiger partial charge in [-0.05, 0) is 48.9 Å². The number of benzene rings is 2. The number of nitrogens with one attached hydrogen (secondary N) is 1. The van der Waals surface area contributed by atoms with Crippen molar-refractivity contribution in [1.82, 2.24) is 14.9 Å². The van der Waals surface area contributed by atoms with Crippen molar-refractivity contribution in [1.29, 1.82) is 0 Å². The number of amides is 1. The standard InChI is InChI=1S/C34H40N4O7/c1-41-18-5-17-37-32(39)16-10-25-9-15-31(36-34(25)37)45-24-28-21-35-22-33(40)38(28)27-11-13-29(14-12-27)44-20-6-19-43-23-26-7-3-4-8-30(26)42-2/h3-4,7-16,28,35H,5-6,17-24H2,1-2H3/t28-/m1/s1. The monoisotopic (exact) mass is 616 g/mol. The van der Waals surface area contributed by atoms with E-state index in [4.69, 9.17) is 23.7 Å². The van der Waals surface area contributed by atoms with Crippen LogP contribution in [-0.2, 0) is 27.4 Å². The Morgan fingerprint density at radius 2 is 1.71 bits per heavy atom. The van der Waals surface area contributed by atoms with Gasteiger partial charge in [0.1, 0.15) is 23.8 Å². The van der Waals surface area contributed by atoms with Gasteiger partial charge in [-0.25, -0.2) is 0 Å². The van der Waals surface area contributed by atoms with Gasteiger partial charge in [0.05, 0.1) is 39.5 Å².